The highest BCUT2D eigenvalue weighted by atomic mass is 16.5. The minimum Gasteiger partial charge on any atom is -0.496 e. The summed E-state index contributed by atoms with van der Waals surface area (Å²) in [5, 5.41) is 8.85. The van der Waals surface area contributed by atoms with E-state index in [9.17, 15) is 0 Å². The van der Waals surface area contributed by atoms with Crippen molar-refractivity contribution in [2.45, 2.75) is 0 Å². The summed E-state index contributed by atoms with van der Waals surface area (Å²) in [6, 6.07) is 15.3. The van der Waals surface area contributed by atoms with Crippen LogP contribution in [0.2, 0.25) is 0 Å². The second-order valence-electron chi connectivity index (χ2n) is 3.39. The standard InChI is InChI=1S/C13H13NO2/c1-16-13-8-3-2-7-12(13)10-5-4-6-11(9-10)14-15/h2-9,14-15H,1H3. The Morgan fingerprint density at radius 1 is 1.06 bits per heavy atom. The van der Waals surface area contributed by atoms with Crippen LogP contribution in [0.3, 0.4) is 0 Å². The second-order valence-corrected chi connectivity index (χ2v) is 3.39. The molecular weight excluding hydrogens is 202 g/mol. The van der Waals surface area contributed by atoms with Crippen molar-refractivity contribution in [1.82, 2.24) is 0 Å². The minimum absolute atomic E-state index is 0.656. The van der Waals surface area contributed by atoms with Crippen LogP contribution in [0.15, 0.2) is 48.5 Å². The second kappa shape index (κ2) is 4.68. The predicted molar refractivity (Wildman–Crippen MR) is 63.8 cm³/mol. The number of nitrogens with one attached hydrogen (secondary N) is 1. The number of ether oxygens (including phenoxy) is 1. The van der Waals surface area contributed by atoms with E-state index in [0.29, 0.717) is 5.69 Å². The van der Waals surface area contributed by atoms with E-state index < -0.39 is 0 Å². The number of benzene rings is 2. The van der Waals surface area contributed by atoms with Gasteiger partial charge in [0.1, 0.15) is 5.75 Å². The number of methoxy groups -OCH3 is 1. The molecule has 0 unspecified atom stereocenters. The Kier molecular flexibility index (Phi) is 3.08. The lowest BCUT2D eigenvalue weighted by atomic mass is 10.0. The van der Waals surface area contributed by atoms with Gasteiger partial charge in [0.2, 0.25) is 0 Å². The van der Waals surface area contributed by atoms with E-state index in [4.69, 9.17) is 9.94 Å². The minimum atomic E-state index is 0.656. The molecule has 0 aromatic heterocycles. The zero-order valence-corrected chi connectivity index (χ0v) is 8.97. The van der Waals surface area contributed by atoms with E-state index in [1.54, 1.807) is 13.2 Å². The monoisotopic (exact) mass is 215 g/mol. The van der Waals surface area contributed by atoms with Crippen molar-refractivity contribution in [2.24, 2.45) is 0 Å². The quantitative estimate of drug-likeness (QED) is 0.773. The Labute approximate surface area is 94.3 Å². The first-order chi connectivity index (χ1) is 7.85. The highest BCUT2D eigenvalue weighted by Gasteiger charge is 2.04. The summed E-state index contributed by atoms with van der Waals surface area (Å²) in [4.78, 5) is 0. The molecule has 0 spiro atoms. The first kappa shape index (κ1) is 10.5. The Morgan fingerprint density at radius 2 is 1.88 bits per heavy atom. The van der Waals surface area contributed by atoms with Crippen LogP contribution in [0.5, 0.6) is 5.75 Å². The fourth-order valence-electron chi connectivity index (χ4n) is 1.64. The zero-order chi connectivity index (χ0) is 11.4. The van der Waals surface area contributed by atoms with Gasteiger partial charge in [-0.15, -0.1) is 0 Å². The number of hydrogen-bond acceptors (Lipinski definition) is 3. The third-order valence-corrected chi connectivity index (χ3v) is 2.41. The van der Waals surface area contributed by atoms with Crippen molar-refractivity contribution in [3.8, 4) is 16.9 Å². The first-order valence-corrected chi connectivity index (χ1v) is 4.98. The van der Waals surface area contributed by atoms with Crippen LogP contribution in [0.4, 0.5) is 5.69 Å². The van der Waals surface area contributed by atoms with Crippen LogP contribution in [0.25, 0.3) is 11.1 Å². The number of anilines is 1. The topological polar surface area (TPSA) is 41.5 Å². The summed E-state index contributed by atoms with van der Waals surface area (Å²) < 4.78 is 5.29. The molecule has 0 aliphatic heterocycles. The molecule has 0 heterocycles. The van der Waals surface area contributed by atoms with Crippen molar-refractivity contribution in [2.75, 3.05) is 12.6 Å². The van der Waals surface area contributed by atoms with Gasteiger partial charge in [0, 0.05) is 5.56 Å². The average molecular weight is 215 g/mol. The van der Waals surface area contributed by atoms with Crippen molar-refractivity contribution in [3.05, 3.63) is 48.5 Å². The molecule has 0 saturated heterocycles. The van der Waals surface area contributed by atoms with E-state index >= 15 is 0 Å². The lowest BCUT2D eigenvalue weighted by Crippen LogP contribution is -1.90. The van der Waals surface area contributed by atoms with Gasteiger partial charge in [0.25, 0.3) is 0 Å². The molecule has 0 aliphatic rings. The molecule has 16 heavy (non-hydrogen) atoms. The molecule has 0 bridgehead atoms. The van der Waals surface area contributed by atoms with Gasteiger partial charge >= 0.3 is 0 Å². The lowest BCUT2D eigenvalue weighted by molar-refractivity contribution is 0.389. The van der Waals surface area contributed by atoms with Gasteiger partial charge in [-0.25, -0.2) is 0 Å². The molecular formula is C13H13NO2. The Balaban J connectivity index is 2.49. The van der Waals surface area contributed by atoms with Crippen molar-refractivity contribution >= 4 is 5.69 Å². The maximum atomic E-state index is 8.85. The predicted octanol–water partition coefficient (Wildman–Crippen LogP) is 3.16. The Hall–Kier alpha value is -2.00. The van der Waals surface area contributed by atoms with E-state index in [1.807, 2.05) is 42.5 Å². The zero-order valence-electron chi connectivity index (χ0n) is 8.97. The molecule has 3 nitrogen and oxygen atoms in total. The smallest absolute Gasteiger partial charge is 0.126 e. The average Bonchev–Trinajstić information content (AvgIpc) is 2.38. The summed E-state index contributed by atoms with van der Waals surface area (Å²) in [5.41, 5.74) is 4.79. The largest absolute Gasteiger partial charge is 0.496 e. The van der Waals surface area contributed by atoms with Gasteiger partial charge in [-0.2, -0.15) is 0 Å². The molecule has 0 saturated carbocycles. The molecule has 82 valence electrons. The molecule has 0 atom stereocenters. The van der Waals surface area contributed by atoms with Gasteiger partial charge in [0.15, 0.2) is 0 Å². The molecule has 0 aliphatic carbocycles. The normalized spacial score (nSPS) is 9.88. The molecule has 2 aromatic rings. The number of para-hydroxylation sites is 1. The highest BCUT2D eigenvalue weighted by Crippen LogP contribution is 2.30. The third-order valence-electron chi connectivity index (χ3n) is 2.41. The van der Waals surface area contributed by atoms with Crippen molar-refractivity contribution in [3.63, 3.8) is 0 Å². The number of hydrogen-bond donors (Lipinski definition) is 2. The molecule has 2 rings (SSSR count). The fourth-order valence-corrected chi connectivity index (χ4v) is 1.64. The highest BCUT2D eigenvalue weighted by molar-refractivity contribution is 5.73. The molecule has 0 amide bonds. The summed E-state index contributed by atoms with van der Waals surface area (Å²) >= 11 is 0. The van der Waals surface area contributed by atoms with Crippen LogP contribution in [0.1, 0.15) is 0 Å². The molecule has 3 heteroatoms. The molecule has 0 radical (unpaired) electrons. The lowest BCUT2D eigenvalue weighted by Gasteiger charge is -2.09. The summed E-state index contributed by atoms with van der Waals surface area (Å²) in [6.07, 6.45) is 0. The third kappa shape index (κ3) is 1.99. The van der Waals surface area contributed by atoms with Crippen LogP contribution in [0, 0.1) is 0 Å². The maximum Gasteiger partial charge on any atom is 0.126 e. The van der Waals surface area contributed by atoms with E-state index in [0.717, 1.165) is 16.9 Å². The number of rotatable bonds is 3. The Morgan fingerprint density at radius 3 is 2.62 bits per heavy atom. The van der Waals surface area contributed by atoms with E-state index in [1.165, 1.54) is 0 Å². The van der Waals surface area contributed by atoms with Crippen LogP contribution in [-0.2, 0) is 0 Å². The SMILES string of the molecule is COc1ccccc1-c1cccc(NO)c1. The van der Waals surface area contributed by atoms with Gasteiger partial charge < -0.3 is 4.74 Å². The van der Waals surface area contributed by atoms with Gasteiger partial charge in [-0.05, 0) is 23.8 Å². The maximum absolute atomic E-state index is 8.85. The van der Waals surface area contributed by atoms with Gasteiger partial charge in [-0.3, -0.25) is 10.7 Å². The Bertz CT molecular complexity index is 483. The van der Waals surface area contributed by atoms with Crippen LogP contribution >= 0.6 is 0 Å². The van der Waals surface area contributed by atoms with Crippen molar-refractivity contribution in [1.29, 1.82) is 0 Å². The molecule has 0 fully saturated rings. The van der Waals surface area contributed by atoms with E-state index in [2.05, 4.69) is 5.48 Å². The summed E-state index contributed by atoms with van der Waals surface area (Å²) in [7, 11) is 1.65. The molecule has 2 aromatic carbocycles. The van der Waals surface area contributed by atoms with Crippen LogP contribution in [-0.4, -0.2) is 12.3 Å². The molecule has 2 N–H and O–H groups in total. The van der Waals surface area contributed by atoms with Gasteiger partial charge in [-0.1, -0.05) is 30.3 Å². The first-order valence-electron chi connectivity index (χ1n) is 4.98. The van der Waals surface area contributed by atoms with Crippen LogP contribution < -0.4 is 10.2 Å². The van der Waals surface area contributed by atoms with Crippen molar-refractivity contribution < 1.29 is 9.94 Å². The van der Waals surface area contributed by atoms with Gasteiger partial charge in [0.05, 0.1) is 12.8 Å². The fraction of sp³-hybridized carbons (Fsp3) is 0.0769. The summed E-state index contributed by atoms with van der Waals surface area (Å²) in [5.74, 6) is 0.817. The van der Waals surface area contributed by atoms with E-state index in [-0.39, 0.29) is 0 Å². The summed E-state index contributed by atoms with van der Waals surface area (Å²) in [6.45, 7) is 0.